The largest absolute Gasteiger partial charge is 0.473 e. The number of nitrogens with two attached hydrogens (primary N) is 1. The van der Waals surface area contributed by atoms with Gasteiger partial charge in [-0.2, -0.15) is 9.97 Å². The van der Waals surface area contributed by atoms with Gasteiger partial charge >= 0.3 is 0 Å². The van der Waals surface area contributed by atoms with Crippen molar-refractivity contribution in [1.82, 2.24) is 19.5 Å². The Labute approximate surface area is 134 Å². The van der Waals surface area contributed by atoms with Crippen molar-refractivity contribution in [3.05, 3.63) is 18.5 Å². The zero-order valence-electron chi connectivity index (χ0n) is 12.9. The lowest BCUT2D eigenvalue weighted by atomic mass is 10.1. The summed E-state index contributed by atoms with van der Waals surface area (Å²) in [5, 5.41) is 9.30. The molecule has 0 aliphatic heterocycles. The van der Waals surface area contributed by atoms with Crippen LogP contribution in [0.4, 0.5) is 5.95 Å². The van der Waals surface area contributed by atoms with Gasteiger partial charge in [0.25, 0.3) is 0 Å². The van der Waals surface area contributed by atoms with Gasteiger partial charge in [-0.15, -0.1) is 0 Å². The lowest BCUT2D eigenvalue weighted by Gasteiger charge is -2.14. The Morgan fingerprint density at radius 1 is 1.26 bits per heavy atom. The van der Waals surface area contributed by atoms with Crippen LogP contribution in [0.5, 0.6) is 5.88 Å². The van der Waals surface area contributed by atoms with E-state index in [4.69, 9.17) is 10.5 Å². The molecule has 0 radical (unpaired) electrons. The van der Waals surface area contributed by atoms with E-state index in [0.717, 1.165) is 19.3 Å². The number of anilines is 1. The number of imidazole rings is 1. The zero-order chi connectivity index (χ0) is 15.8. The van der Waals surface area contributed by atoms with E-state index in [1.807, 2.05) is 10.6 Å². The molecule has 7 heteroatoms. The van der Waals surface area contributed by atoms with Gasteiger partial charge in [-0.25, -0.2) is 4.98 Å². The molecule has 2 aliphatic rings. The summed E-state index contributed by atoms with van der Waals surface area (Å²) in [6.07, 6.45) is 11.4. The fourth-order valence-corrected chi connectivity index (χ4v) is 3.49. The van der Waals surface area contributed by atoms with Crippen molar-refractivity contribution >= 4 is 17.1 Å². The Kier molecular flexibility index (Phi) is 3.65. The number of aliphatic hydroxyl groups is 1. The zero-order valence-corrected chi connectivity index (χ0v) is 12.9. The standard InChI is InChI=1S/C16H21N5O2/c17-16-19-14-13(15(20-16)23-12-3-1-2-4-12)18-9-21(14)11-6-5-10(7-11)8-22/h5-6,9-12,22H,1-4,7-8H2,(H2,17,19,20)/t10-,11+/m1/s1. The van der Waals surface area contributed by atoms with E-state index >= 15 is 0 Å². The molecule has 4 rings (SSSR count). The minimum absolute atomic E-state index is 0.130. The van der Waals surface area contributed by atoms with E-state index in [-0.39, 0.29) is 30.6 Å². The Balaban J connectivity index is 1.68. The molecule has 2 heterocycles. The van der Waals surface area contributed by atoms with E-state index in [2.05, 4.69) is 21.0 Å². The number of ether oxygens (including phenoxy) is 1. The van der Waals surface area contributed by atoms with Gasteiger partial charge in [0.05, 0.1) is 12.4 Å². The number of hydrogen-bond donors (Lipinski definition) is 2. The topological polar surface area (TPSA) is 99.1 Å². The van der Waals surface area contributed by atoms with Crippen molar-refractivity contribution < 1.29 is 9.84 Å². The summed E-state index contributed by atoms with van der Waals surface area (Å²) in [5.41, 5.74) is 7.23. The first-order valence-electron chi connectivity index (χ1n) is 8.20. The molecular formula is C16H21N5O2. The first-order valence-corrected chi connectivity index (χ1v) is 8.20. The molecule has 1 fully saturated rings. The van der Waals surface area contributed by atoms with Crippen LogP contribution >= 0.6 is 0 Å². The molecule has 122 valence electrons. The van der Waals surface area contributed by atoms with Gasteiger partial charge < -0.3 is 20.1 Å². The van der Waals surface area contributed by atoms with Gasteiger partial charge in [0.1, 0.15) is 6.10 Å². The van der Waals surface area contributed by atoms with Crippen molar-refractivity contribution in [3.63, 3.8) is 0 Å². The van der Waals surface area contributed by atoms with E-state index in [9.17, 15) is 5.11 Å². The molecule has 2 aromatic rings. The second-order valence-corrected chi connectivity index (χ2v) is 6.37. The first-order chi connectivity index (χ1) is 11.2. The summed E-state index contributed by atoms with van der Waals surface area (Å²) in [7, 11) is 0. The number of hydrogen-bond acceptors (Lipinski definition) is 6. The Morgan fingerprint density at radius 3 is 2.83 bits per heavy atom. The van der Waals surface area contributed by atoms with Gasteiger partial charge in [0.15, 0.2) is 11.2 Å². The maximum absolute atomic E-state index is 9.30. The highest BCUT2D eigenvalue weighted by atomic mass is 16.5. The predicted octanol–water partition coefficient (Wildman–Crippen LogP) is 1.84. The molecule has 2 aromatic heterocycles. The van der Waals surface area contributed by atoms with Crippen LogP contribution in [-0.2, 0) is 0 Å². The van der Waals surface area contributed by atoms with Crippen LogP contribution in [-0.4, -0.2) is 37.3 Å². The van der Waals surface area contributed by atoms with Crippen molar-refractivity contribution in [2.24, 2.45) is 5.92 Å². The maximum atomic E-state index is 9.30. The van der Waals surface area contributed by atoms with Crippen LogP contribution in [0.15, 0.2) is 18.5 Å². The third-order valence-electron chi connectivity index (χ3n) is 4.73. The summed E-state index contributed by atoms with van der Waals surface area (Å²) in [5.74, 6) is 0.873. The maximum Gasteiger partial charge on any atom is 0.247 e. The second kappa shape index (κ2) is 5.81. The third-order valence-corrected chi connectivity index (χ3v) is 4.73. The summed E-state index contributed by atoms with van der Waals surface area (Å²) >= 11 is 0. The number of rotatable bonds is 4. The highest BCUT2D eigenvalue weighted by Gasteiger charge is 2.25. The molecule has 7 nitrogen and oxygen atoms in total. The minimum Gasteiger partial charge on any atom is -0.473 e. The summed E-state index contributed by atoms with van der Waals surface area (Å²) in [4.78, 5) is 13.1. The van der Waals surface area contributed by atoms with Gasteiger partial charge in [-0.05, 0) is 32.1 Å². The average molecular weight is 315 g/mol. The normalized spacial score (nSPS) is 24.7. The summed E-state index contributed by atoms with van der Waals surface area (Å²) < 4.78 is 8.01. The first kappa shape index (κ1) is 14.4. The smallest absolute Gasteiger partial charge is 0.247 e. The Hall–Kier alpha value is -2.15. The van der Waals surface area contributed by atoms with Crippen molar-refractivity contribution in [2.45, 2.75) is 44.2 Å². The molecule has 0 saturated heterocycles. The van der Waals surface area contributed by atoms with Crippen LogP contribution < -0.4 is 10.5 Å². The number of allylic oxidation sites excluding steroid dienone is 1. The molecule has 1 saturated carbocycles. The molecule has 2 aliphatic carbocycles. The van der Waals surface area contributed by atoms with Gasteiger partial charge in [0, 0.05) is 12.5 Å². The summed E-state index contributed by atoms with van der Waals surface area (Å²) in [6, 6.07) is 0.130. The molecule has 0 aromatic carbocycles. The van der Waals surface area contributed by atoms with Crippen molar-refractivity contribution in [3.8, 4) is 5.88 Å². The van der Waals surface area contributed by atoms with E-state index in [0.29, 0.717) is 17.0 Å². The van der Waals surface area contributed by atoms with Crippen LogP contribution in [0, 0.1) is 5.92 Å². The molecule has 23 heavy (non-hydrogen) atoms. The Bertz CT molecular complexity index is 735. The molecule has 0 bridgehead atoms. The number of nitrogen functional groups attached to an aromatic ring is 1. The number of aliphatic hydroxyl groups excluding tert-OH is 1. The van der Waals surface area contributed by atoms with Crippen LogP contribution in [0.2, 0.25) is 0 Å². The Morgan fingerprint density at radius 2 is 2.09 bits per heavy atom. The number of aromatic nitrogens is 4. The van der Waals surface area contributed by atoms with Crippen LogP contribution in [0.3, 0.4) is 0 Å². The van der Waals surface area contributed by atoms with Crippen LogP contribution in [0.25, 0.3) is 11.2 Å². The summed E-state index contributed by atoms with van der Waals surface area (Å²) in [6.45, 7) is 0.160. The molecule has 0 amide bonds. The average Bonchev–Trinajstić information content (AvgIpc) is 3.26. The molecule has 3 N–H and O–H groups in total. The predicted molar refractivity (Wildman–Crippen MR) is 86.0 cm³/mol. The SMILES string of the molecule is Nc1nc(OC2CCCC2)c2ncn([C@H]3C=C[C@@H](CO)C3)c2n1. The monoisotopic (exact) mass is 315 g/mol. The number of fused-ring (bicyclic) bond motifs is 1. The fourth-order valence-electron chi connectivity index (χ4n) is 3.49. The van der Waals surface area contributed by atoms with E-state index in [1.54, 1.807) is 6.33 Å². The fraction of sp³-hybridized carbons (Fsp3) is 0.562. The minimum atomic E-state index is 0.130. The van der Waals surface area contributed by atoms with Gasteiger partial charge in [0.2, 0.25) is 11.8 Å². The van der Waals surface area contributed by atoms with E-state index < -0.39 is 0 Å². The van der Waals surface area contributed by atoms with Crippen molar-refractivity contribution in [1.29, 1.82) is 0 Å². The van der Waals surface area contributed by atoms with Crippen molar-refractivity contribution in [2.75, 3.05) is 12.3 Å². The highest BCUT2D eigenvalue weighted by molar-refractivity contribution is 5.77. The quantitative estimate of drug-likeness (QED) is 0.835. The lowest BCUT2D eigenvalue weighted by molar-refractivity contribution is 0.204. The third kappa shape index (κ3) is 2.65. The van der Waals surface area contributed by atoms with Gasteiger partial charge in [-0.1, -0.05) is 12.2 Å². The number of nitrogens with zero attached hydrogens (tertiary/aromatic N) is 4. The molecule has 0 spiro atoms. The van der Waals surface area contributed by atoms with E-state index in [1.165, 1.54) is 12.8 Å². The second-order valence-electron chi connectivity index (χ2n) is 6.37. The lowest BCUT2D eigenvalue weighted by Crippen LogP contribution is -2.14. The molecular weight excluding hydrogens is 294 g/mol. The van der Waals surface area contributed by atoms with Crippen LogP contribution in [0.1, 0.15) is 38.1 Å². The molecule has 0 unspecified atom stereocenters. The molecule has 2 atom stereocenters. The highest BCUT2D eigenvalue weighted by Crippen LogP contribution is 2.33. The van der Waals surface area contributed by atoms with Gasteiger partial charge in [-0.3, -0.25) is 0 Å².